The fourth-order valence-corrected chi connectivity index (χ4v) is 8.09. The van der Waals surface area contributed by atoms with E-state index in [1.54, 1.807) is 0 Å². The Labute approximate surface area is 122 Å². The average molecular weight is 305 g/mol. The van der Waals surface area contributed by atoms with Crippen LogP contribution in [0.25, 0.3) is 0 Å². The standard InChI is InChI=1S/C14H28NO4P/c1-11-12(2)17-20(16-11,18-13(3)14(4)19-20)10-15-8-6-5-7-9-15/h11-14H,5-10H2,1-4H3/t11-,12+,13-,14+. The zero-order chi connectivity index (χ0) is 14.4. The summed E-state index contributed by atoms with van der Waals surface area (Å²) in [5, 5.41) is 0. The van der Waals surface area contributed by atoms with E-state index in [1.165, 1.54) is 19.3 Å². The molecule has 0 bridgehead atoms. The maximum absolute atomic E-state index is 6.28. The molecule has 0 N–H and O–H groups in total. The van der Waals surface area contributed by atoms with E-state index in [0.29, 0.717) is 6.29 Å². The van der Waals surface area contributed by atoms with Gasteiger partial charge in [-0.25, -0.2) is 0 Å². The van der Waals surface area contributed by atoms with Crippen LogP contribution in [-0.4, -0.2) is 48.7 Å². The van der Waals surface area contributed by atoms with Crippen LogP contribution in [0.4, 0.5) is 0 Å². The molecule has 4 atom stereocenters. The van der Waals surface area contributed by atoms with Crippen LogP contribution in [0.2, 0.25) is 0 Å². The molecule has 0 aromatic rings. The zero-order valence-electron chi connectivity index (χ0n) is 13.1. The normalized spacial score (nSPS) is 46.3. The van der Waals surface area contributed by atoms with Gasteiger partial charge in [-0.2, -0.15) is 0 Å². The minimum absolute atomic E-state index is 0.0231. The van der Waals surface area contributed by atoms with Crippen molar-refractivity contribution in [2.24, 2.45) is 0 Å². The fraction of sp³-hybridized carbons (Fsp3) is 1.00. The van der Waals surface area contributed by atoms with Crippen molar-refractivity contribution in [1.82, 2.24) is 4.90 Å². The van der Waals surface area contributed by atoms with E-state index in [4.69, 9.17) is 18.1 Å². The molecule has 6 heteroatoms. The van der Waals surface area contributed by atoms with E-state index in [1.807, 2.05) is 27.7 Å². The van der Waals surface area contributed by atoms with E-state index in [9.17, 15) is 0 Å². The molecule has 0 amide bonds. The van der Waals surface area contributed by atoms with Gasteiger partial charge >= 0.3 is 121 Å². The molecule has 0 saturated carbocycles. The van der Waals surface area contributed by atoms with Crippen molar-refractivity contribution in [2.75, 3.05) is 19.4 Å². The molecular formula is C14H28NO4P. The summed E-state index contributed by atoms with van der Waals surface area (Å²) >= 11 is 0. The van der Waals surface area contributed by atoms with Gasteiger partial charge in [-0.05, 0) is 0 Å². The number of likely N-dealkylation sites (tertiary alicyclic amines) is 1. The summed E-state index contributed by atoms with van der Waals surface area (Å²) in [7, 11) is -3.42. The van der Waals surface area contributed by atoms with E-state index >= 15 is 0 Å². The fourth-order valence-electron chi connectivity index (χ4n) is 3.34. The van der Waals surface area contributed by atoms with Gasteiger partial charge in [0.15, 0.2) is 0 Å². The van der Waals surface area contributed by atoms with Crippen molar-refractivity contribution < 1.29 is 18.1 Å². The number of hydrogen-bond acceptors (Lipinski definition) is 5. The summed E-state index contributed by atoms with van der Waals surface area (Å²) in [6.45, 7) is 10.3. The number of rotatable bonds is 2. The number of hydrogen-bond donors (Lipinski definition) is 0. The molecule has 0 aromatic carbocycles. The minimum atomic E-state index is -3.42. The molecule has 0 radical (unpaired) electrons. The number of piperidine rings is 1. The Balaban J connectivity index is 1.85. The molecular weight excluding hydrogens is 277 g/mol. The van der Waals surface area contributed by atoms with Gasteiger partial charge in [-0.15, -0.1) is 0 Å². The molecule has 3 aliphatic heterocycles. The van der Waals surface area contributed by atoms with Crippen LogP contribution in [0.1, 0.15) is 47.0 Å². The van der Waals surface area contributed by atoms with Crippen LogP contribution in [0.3, 0.4) is 0 Å². The molecule has 0 aliphatic carbocycles. The molecule has 3 heterocycles. The zero-order valence-corrected chi connectivity index (χ0v) is 14.0. The van der Waals surface area contributed by atoms with Crippen LogP contribution in [-0.2, 0) is 18.1 Å². The molecule has 1 spiro atoms. The molecule has 0 aromatic heterocycles. The molecule has 20 heavy (non-hydrogen) atoms. The molecule has 3 rings (SSSR count). The number of nitrogens with zero attached hydrogens (tertiary/aromatic N) is 1. The predicted molar refractivity (Wildman–Crippen MR) is 79.4 cm³/mol. The van der Waals surface area contributed by atoms with Crippen LogP contribution in [0, 0.1) is 0 Å². The third kappa shape index (κ3) is 2.53. The van der Waals surface area contributed by atoms with Crippen LogP contribution in [0.15, 0.2) is 0 Å². The van der Waals surface area contributed by atoms with Crippen molar-refractivity contribution in [3.8, 4) is 0 Å². The van der Waals surface area contributed by atoms with Gasteiger partial charge in [0.25, 0.3) is 0 Å². The first-order valence-corrected chi connectivity index (χ1v) is 10.0. The van der Waals surface area contributed by atoms with Gasteiger partial charge < -0.3 is 0 Å². The SMILES string of the molecule is C[C@@H]1OP2(CN3CCCCC3)(O[C@@H](C)[C@@H](C)O2)O[C@@H]1C. The molecule has 3 aliphatic rings. The summed E-state index contributed by atoms with van der Waals surface area (Å²) in [5.41, 5.74) is 0. The van der Waals surface area contributed by atoms with Gasteiger partial charge in [0.2, 0.25) is 0 Å². The Kier molecular flexibility index (Phi) is 3.90. The van der Waals surface area contributed by atoms with Gasteiger partial charge in [-0.1, -0.05) is 0 Å². The molecule has 3 saturated heterocycles. The summed E-state index contributed by atoms with van der Waals surface area (Å²) < 4.78 is 25.1. The summed E-state index contributed by atoms with van der Waals surface area (Å²) in [4.78, 5) is 2.40. The van der Waals surface area contributed by atoms with Gasteiger partial charge in [-0.3, -0.25) is 0 Å². The Hall–Kier alpha value is 0.230. The Bertz CT molecular complexity index is 323. The van der Waals surface area contributed by atoms with Gasteiger partial charge in [0.1, 0.15) is 0 Å². The predicted octanol–water partition coefficient (Wildman–Crippen LogP) is 3.29. The van der Waals surface area contributed by atoms with E-state index in [-0.39, 0.29) is 24.4 Å². The van der Waals surface area contributed by atoms with E-state index in [0.717, 1.165) is 13.1 Å². The van der Waals surface area contributed by atoms with Crippen molar-refractivity contribution in [3.05, 3.63) is 0 Å². The Morgan fingerprint density at radius 2 is 1.15 bits per heavy atom. The van der Waals surface area contributed by atoms with Crippen molar-refractivity contribution in [3.63, 3.8) is 0 Å². The third-order valence-corrected chi connectivity index (χ3v) is 8.50. The van der Waals surface area contributed by atoms with Crippen molar-refractivity contribution in [2.45, 2.75) is 71.4 Å². The van der Waals surface area contributed by atoms with Crippen LogP contribution in [0.5, 0.6) is 0 Å². The first-order valence-electron chi connectivity index (χ1n) is 7.91. The van der Waals surface area contributed by atoms with Crippen LogP contribution >= 0.6 is 7.51 Å². The van der Waals surface area contributed by atoms with Crippen LogP contribution < -0.4 is 0 Å². The second kappa shape index (κ2) is 5.15. The van der Waals surface area contributed by atoms with Crippen molar-refractivity contribution in [1.29, 1.82) is 0 Å². The van der Waals surface area contributed by atoms with E-state index in [2.05, 4.69) is 4.90 Å². The summed E-state index contributed by atoms with van der Waals surface area (Å²) in [6, 6.07) is 0. The van der Waals surface area contributed by atoms with Crippen molar-refractivity contribution >= 4 is 7.51 Å². The maximum atomic E-state index is 6.28. The molecule has 5 nitrogen and oxygen atoms in total. The third-order valence-electron chi connectivity index (χ3n) is 4.68. The second-order valence-corrected chi connectivity index (χ2v) is 9.58. The molecule has 118 valence electrons. The summed E-state index contributed by atoms with van der Waals surface area (Å²) in [6.07, 6.45) is 4.55. The van der Waals surface area contributed by atoms with Gasteiger partial charge in [0.05, 0.1) is 0 Å². The molecule has 0 unspecified atom stereocenters. The molecule has 3 fully saturated rings. The first-order chi connectivity index (χ1) is 9.41. The van der Waals surface area contributed by atoms with Gasteiger partial charge in [0, 0.05) is 0 Å². The average Bonchev–Trinajstić information content (AvgIpc) is 2.75. The quantitative estimate of drug-likeness (QED) is 0.732. The Morgan fingerprint density at radius 1 is 0.750 bits per heavy atom. The second-order valence-electron chi connectivity index (χ2n) is 6.53. The summed E-state index contributed by atoms with van der Waals surface area (Å²) in [5.74, 6) is 0. The van der Waals surface area contributed by atoms with E-state index < -0.39 is 7.51 Å². The Morgan fingerprint density at radius 3 is 1.55 bits per heavy atom. The first kappa shape index (κ1) is 15.1. The monoisotopic (exact) mass is 305 g/mol. The topological polar surface area (TPSA) is 40.2 Å².